The van der Waals surface area contributed by atoms with Crippen LogP contribution in [-0.4, -0.2) is 34.7 Å². The Kier molecular flexibility index (Phi) is 5.70. The first-order chi connectivity index (χ1) is 8.84. The van der Waals surface area contributed by atoms with Crippen LogP contribution in [0.3, 0.4) is 0 Å². The first kappa shape index (κ1) is 16.3. The Hall–Kier alpha value is -0.720. The molecule has 0 aromatic heterocycles. The van der Waals surface area contributed by atoms with Crippen molar-refractivity contribution in [2.75, 3.05) is 19.0 Å². The molecule has 1 rings (SSSR count). The lowest BCUT2D eigenvalue weighted by Crippen LogP contribution is -2.36. The number of benzene rings is 1. The second-order valence-electron chi connectivity index (χ2n) is 4.46. The maximum atomic E-state index is 12.2. The molecule has 0 radical (unpaired) electrons. The van der Waals surface area contributed by atoms with Crippen LogP contribution in [0.25, 0.3) is 0 Å². The molecule has 0 spiro atoms. The third-order valence-corrected chi connectivity index (χ3v) is 3.90. The zero-order chi connectivity index (χ0) is 14.5. The average molecular weight is 294 g/mol. The Morgan fingerprint density at radius 1 is 1.11 bits per heavy atom. The summed E-state index contributed by atoms with van der Waals surface area (Å²) < 4.78 is 36.5. The van der Waals surface area contributed by atoms with Crippen LogP contribution in [0.15, 0.2) is 24.3 Å². The van der Waals surface area contributed by atoms with Crippen molar-refractivity contribution < 1.29 is 23.4 Å². The van der Waals surface area contributed by atoms with Gasteiger partial charge in [-0.15, -0.1) is 0 Å². The Morgan fingerprint density at radius 3 is 2.16 bits per heavy atom. The highest BCUT2D eigenvalue weighted by Crippen LogP contribution is 2.36. The molecule has 0 aliphatic carbocycles. The minimum absolute atomic E-state index is 0.0645. The molecular formula is C13H17F3O2S. The third-order valence-electron chi connectivity index (χ3n) is 3.17. The van der Waals surface area contributed by atoms with E-state index >= 15 is 0 Å². The number of alkyl halides is 3. The lowest BCUT2D eigenvalue weighted by molar-refractivity contribution is -0.0329. The minimum atomic E-state index is -4.29. The van der Waals surface area contributed by atoms with Gasteiger partial charge in [0, 0.05) is 11.2 Å². The molecule has 2 N–H and O–H groups in total. The van der Waals surface area contributed by atoms with Gasteiger partial charge in [0.2, 0.25) is 0 Å². The number of thioether (sulfide) groups is 1. The number of hydrogen-bond donors (Lipinski definition) is 2. The van der Waals surface area contributed by atoms with Crippen molar-refractivity contribution in [3.8, 4) is 0 Å². The van der Waals surface area contributed by atoms with Crippen molar-refractivity contribution in [1.29, 1.82) is 0 Å². The molecule has 0 saturated heterocycles. The van der Waals surface area contributed by atoms with E-state index in [0.717, 1.165) is 5.56 Å². The maximum Gasteiger partial charge on any atom is 0.441 e. The van der Waals surface area contributed by atoms with E-state index < -0.39 is 10.9 Å². The van der Waals surface area contributed by atoms with Gasteiger partial charge in [-0.05, 0) is 24.5 Å². The van der Waals surface area contributed by atoms with Gasteiger partial charge in [0.05, 0.1) is 13.2 Å². The zero-order valence-corrected chi connectivity index (χ0v) is 11.4. The summed E-state index contributed by atoms with van der Waals surface area (Å²) in [5, 5.41) is 19.1. The van der Waals surface area contributed by atoms with Gasteiger partial charge in [0.1, 0.15) is 0 Å². The monoisotopic (exact) mass is 294 g/mol. The third kappa shape index (κ3) is 4.40. The molecule has 0 atom stereocenters. The van der Waals surface area contributed by atoms with E-state index in [-0.39, 0.29) is 37.1 Å². The van der Waals surface area contributed by atoms with Crippen LogP contribution in [0.1, 0.15) is 17.5 Å². The van der Waals surface area contributed by atoms with Gasteiger partial charge in [-0.1, -0.05) is 36.0 Å². The first-order valence-corrected chi connectivity index (χ1v) is 6.82. The van der Waals surface area contributed by atoms with Gasteiger partial charge in [-0.3, -0.25) is 0 Å². The standard InChI is InChI=1S/C13H17F3O2S/c1-10-4-2-3-5-11(10)12(8-17,9-18)6-7-19-13(14,15)16/h2-5,17-18H,6-9H2,1H3. The highest BCUT2D eigenvalue weighted by molar-refractivity contribution is 8.00. The van der Waals surface area contributed by atoms with Crippen LogP contribution in [0.5, 0.6) is 0 Å². The SMILES string of the molecule is Cc1ccccc1C(CO)(CO)CCSC(F)(F)F. The number of aliphatic hydroxyl groups excluding tert-OH is 2. The summed E-state index contributed by atoms with van der Waals surface area (Å²) in [6, 6.07) is 7.11. The second-order valence-corrected chi connectivity index (χ2v) is 5.62. The van der Waals surface area contributed by atoms with Crippen LogP contribution in [0.4, 0.5) is 13.2 Å². The van der Waals surface area contributed by atoms with Crippen molar-refractivity contribution in [1.82, 2.24) is 0 Å². The normalized spacial score (nSPS) is 12.7. The molecular weight excluding hydrogens is 277 g/mol. The molecule has 0 heterocycles. The molecule has 108 valence electrons. The fourth-order valence-corrected chi connectivity index (χ4v) is 2.77. The topological polar surface area (TPSA) is 40.5 Å². The number of halogens is 3. The Morgan fingerprint density at radius 2 is 1.68 bits per heavy atom. The van der Waals surface area contributed by atoms with Crippen LogP contribution >= 0.6 is 11.8 Å². The van der Waals surface area contributed by atoms with Crippen LogP contribution in [-0.2, 0) is 5.41 Å². The molecule has 1 aromatic rings. The van der Waals surface area contributed by atoms with Gasteiger partial charge in [0.15, 0.2) is 0 Å². The highest BCUT2D eigenvalue weighted by atomic mass is 32.2. The Bertz CT molecular complexity index is 403. The predicted octanol–water partition coefficient (Wildman–Crippen LogP) is 2.86. The minimum Gasteiger partial charge on any atom is -0.395 e. The van der Waals surface area contributed by atoms with Crippen LogP contribution in [0.2, 0.25) is 0 Å². The summed E-state index contributed by atoms with van der Waals surface area (Å²) in [7, 11) is 0. The first-order valence-electron chi connectivity index (χ1n) is 5.83. The average Bonchev–Trinajstić information content (AvgIpc) is 2.35. The van der Waals surface area contributed by atoms with E-state index in [4.69, 9.17) is 0 Å². The summed E-state index contributed by atoms with van der Waals surface area (Å²) in [6.07, 6.45) is 0.0645. The van der Waals surface area contributed by atoms with Crippen molar-refractivity contribution in [2.45, 2.75) is 24.3 Å². The van der Waals surface area contributed by atoms with E-state index in [1.165, 1.54) is 0 Å². The molecule has 6 heteroatoms. The van der Waals surface area contributed by atoms with Crippen molar-refractivity contribution >= 4 is 11.8 Å². The number of hydrogen-bond acceptors (Lipinski definition) is 3. The predicted molar refractivity (Wildman–Crippen MR) is 70.2 cm³/mol. The van der Waals surface area contributed by atoms with Crippen LogP contribution in [0, 0.1) is 6.92 Å². The summed E-state index contributed by atoms with van der Waals surface area (Å²) in [6.45, 7) is 1.05. The van der Waals surface area contributed by atoms with E-state index in [1.54, 1.807) is 12.1 Å². The Labute approximate surface area is 114 Å². The summed E-state index contributed by atoms with van der Waals surface area (Å²) >= 11 is -0.131. The second kappa shape index (κ2) is 6.63. The van der Waals surface area contributed by atoms with Crippen molar-refractivity contribution in [2.24, 2.45) is 0 Å². The maximum absolute atomic E-state index is 12.2. The number of aliphatic hydroxyl groups is 2. The van der Waals surface area contributed by atoms with Gasteiger partial charge in [-0.2, -0.15) is 13.2 Å². The molecule has 19 heavy (non-hydrogen) atoms. The van der Waals surface area contributed by atoms with Crippen molar-refractivity contribution in [3.05, 3.63) is 35.4 Å². The largest absolute Gasteiger partial charge is 0.441 e. The Balaban J connectivity index is 2.89. The highest BCUT2D eigenvalue weighted by Gasteiger charge is 2.35. The van der Waals surface area contributed by atoms with E-state index in [9.17, 15) is 23.4 Å². The summed E-state index contributed by atoms with van der Waals surface area (Å²) in [5.74, 6) is -0.195. The number of aryl methyl sites for hydroxylation is 1. The summed E-state index contributed by atoms with van der Waals surface area (Å²) in [5.41, 5.74) is -3.77. The molecule has 0 aliphatic rings. The molecule has 1 aromatic carbocycles. The molecule has 0 unspecified atom stereocenters. The fourth-order valence-electron chi connectivity index (χ4n) is 2.04. The molecule has 0 aliphatic heterocycles. The van der Waals surface area contributed by atoms with E-state index in [1.807, 2.05) is 19.1 Å². The lowest BCUT2D eigenvalue weighted by atomic mass is 9.77. The molecule has 0 saturated carbocycles. The smallest absolute Gasteiger partial charge is 0.395 e. The van der Waals surface area contributed by atoms with Crippen LogP contribution < -0.4 is 0 Å². The fraction of sp³-hybridized carbons (Fsp3) is 0.538. The summed E-state index contributed by atoms with van der Waals surface area (Å²) in [4.78, 5) is 0. The zero-order valence-electron chi connectivity index (χ0n) is 10.6. The van der Waals surface area contributed by atoms with E-state index in [0.29, 0.717) is 5.56 Å². The van der Waals surface area contributed by atoms with Gasteiger partial charge >= 0.3 is 5.51 Å². The van der Waals surface area contributed by atoms with E-state index in [2.05, 4.69) is 0 Å². The van der Waals surface area contributed by atoms with Crippen molar-refractivity contribution in [3.63, 3.8) is 0 Å². The van der Waals surface area contributed by atoms with Gasteiger partial charge in [0.25, 0.3) is 0 Å². The van der Waals surface area contributed by atoms with Gasteiger partial charge in [-0.25, -0.2) is 0 Å². The molecule has 0 amide bonds. The van der Waals surface area contributed by atoms with Gasteiger partial charge < -0.3 is 10.2 Å². The quantitative estimate of drug-likeness (QED) is 0.847. The molecule has 0 bridgehead atoms. The lowest BCUT2D eigenvalue weighted by Gasteiger charge is -2.32. The molecule has 2 nitrogen and oxygen atoms in total. The molecule has 0 fully saturated rings. The number of rotatable bonds is 6.